The van der Waals surface area contributed by atoms with Gasteiger partial charge in [-0.1, -0.05) is 13.8 Å². The zero-order valence-corrected chi connectivity index (χ0v) is 10.2. The minimum Gasteiger partial charge on any atom is -0.468 e. The Bertz CT molecular complexity index is 290. The Labute approximate surface area is 96.5 Å². The Balaban J connectivity index is 2.09. The van der Waals surface area contributed by atoms with Crippen molar-refractivity contribution in [3.63, 3.8) is 0 Å². The largest absolute Gasteiger partial charge is 0.468 e. The van der Waals surface area contributed by atoms with Crippen molar-refractivity contribution in [2.75, 3.05) is 7.11 Å². The number of ether oxygens (including phenoxy) is 2. The molecule has 2 rings (SSSR count). The molecule has 92 valence electrons. The van der Waals surface area contributed by atoms with Gasteiger partial charge in [-0.15, -0.1) is 0 Å². The summed E-state index contributed by atoms with van der Waals surface area (Å²) in [6.07, 6.45) is 3.97. The van der Waals surface area contributed by atoms with Crippen LogP contribution in [0, 0.1) is 11.3 Å². The van der Waals surface area contributed by atoms with Crippen LogP contribution in [0.5, 0.6) is 0 Å². The molecule has 0 amide bonds. The summed E-state index contributed by atoms with van der Waals surface area (Å²) in [7, 11) is 1.38. The topological polar surface area (TPSA) is 61.5 Å². The molecule has 2 aliphatic rings. The van der Waals surface area contributed by atoms with E-state index in [9.17, 15) is 4.79 Å². The van der Waals surface area contributed by atoms with Crippen molar-refractivity contribution in [1.29, 1.82) is 0 Å². The molecule has 0 saturated carbocycles. The second-order valence-electron chi connectivity index (χ2n) is 5.54. The molecule has 4 nitrogen and oxygen atoms in total. The number of esters is 1. The molecular weight excluding hydrogens is 206 g/mol. The van der Waals surface area contributed by atoms with E-state index in [1.165, 1.54) is 7.11 Å². The number of rotatable bonds is 3. The lowest BCUT2D eigenvalue weighted by atomic mass is 9.67. The summed E-state index contributed by atoms with van der Waals surface area (Å²) in [5.41, 5.74) is 5.73. The first-order chi connectivity index (χ1) is 7.46. The number of fused-ring (bicyclic) bond motifs is 2. The van der Waals surface area contributed by atoms with Gasteiger partial charge in [-0.05, 0) is 30.6 Å². The maximum Gasteiger partial charge on any atom is 0.323 e. The summed E-state index contributed by atoms with van der Waals surface area (Å²) in [5, 5.41) is 0. The highest BCUT2D eigenvalue weighted by Gasteiger charge is 2.51. The average molecular weight is 227 g/mol. The second-order valence-corrected chi connectivity index (χ2v) is 5.54. The van der Waals surface area contributed by atoms with Crippen molar-refractivity contribution >= 4 is 5.97 Å². The third kappa shape index (κ3) is 1.74. The maximum absolute atomic E-state index is 11.5. The third-order valence-corrected chi connectivity index (χ3v) is 4.32. The van der Waals surface area contributed by atoms with Gasteiger partial charge in [-0.25, -0.2) is 0 Å². The third-order valence-electron chi connectivity index (χ3n) is 4.32. The van der Waals surface area contributed by atoms with Crippen LogP contribution >= 0.6 is 0 Å². The van der Waals surface area contributed by atoms with E-state index >= 15 is 0 Å². The summed E-state index contributed by atoms with van der Waals surface area (Å²) in [5.74, 6) is 0.0492. The highest BCUT2D eigenvalue weighted by molar-refractivity contribution is 5.76. The SMILES string of the molecule is COC(=O)C(N)C(C)(C)C1CC2CCC1O2. The van der Waals surface area contributed by atoms with E-state index in [0.717, 1.165) is 19.3 Å². The van der Waals surface area contributed by atoms with Crippen LogP contribution in [0.25, 0.3) is 0 Å². The number of nitrogens with two attached hydrogens (primary N) is 1. The highest BCUT2D eigenvalue weighted by atomic mass is 16.5. The van der Waals surface area contributed by atoms with E-state index in [1.54, 1.807) is 0 Å². The number of hydrogen-bond acceptors (Lipinski definition) is 4. The molecule has 4 heteroatoms. The fourth-order valence-electron chi connectivity index (χ4n) is 3.08. The van der Waals surface area contributed by atoms with Gasteiger partial charge in [0.15, 0.2) is 0 Å². The van der Waals surface area contributed by atoms with Gasteiger partial charge in [0.1, 0.15) is 6.04 Å². The number of hydrogen-bond donors (Lipinski definition) is 1. The summed E-state index contributed by atoms with van der Waals surface area (Å²) < 4.78 is 10.6. The first-order valence-electron chi connectivity index (χ1n) is 5.95. The van der Waals surface area contributed by atoms with Gasteiger partial charge in [-0.2, -0.15) is 0 Å². The van der Waals surface area contributed by atoms with Crippen molar-refractivity contribution < 1.29 is 14.3 Å². The van der Waals surface area contributed by atoms with Gasteiger partial charge in [0, 0.05) is 0 Å². The Morgan fingerprint density at radius 1 is 1.50 bits per heavy atom. The van der Waals surface area contributed by atoms with Gasteiger partial charge >= 0.3 is 5.97 Å². The molecule has 2 fully saturated rings. The first kappa shape index (κ1) is 11.9. The van der Waals surface area contributed by atoms with Crippen LogP contribution in [-0.2, 0) is 14.3 Å². The molecule has 16 heavy (non-hydrogen) atoms. The van der Waals surface area contributed by atoms with Crippen LogP contribution in [-0.4, -0.2) is 31.3 Å². The molecule has 0 aromatic carbocycles. The van der Waals surface area contributed by atoms with Crippen molar-refractivity contribution in [2.45, 2.75) is 51.4 Å². The lowest BCUT2D eigenvalue weighted by Gasteiger charge is -2.38. The number of carbonyl (C=O) groups excluding carboxylic acids is 1. The fraction of sp³-hybridized carbons (Fsp3) is 0.917. The Morgan fingerprint density at radius 2 is 2.19 bits per heavy atom. The zero-order chi connectivity index (χ0) is 11.9. The molecule has 0 spiro atoms. The lowest BCUT2D eigenvalue weighted by Crippen LogP contribution is -2.50. The molecule has 2 bridgehead atoms. The summed E-state index contributed by atoms with van der Waals surface area (Å²) >= 11 is 0. The van der Waals surface area contributed by atoms with Crippen LogP contribution in [0.3, 0.4) is 0 Å². The molecule has 0 aliphatic carbocycles. The van der Waals surface area contributed by atoms with E-state index < -0.39 is 6.04 Å². The molecule has 2 saturated heterocycles. The Kier molecular flexibility index (Phi) is 2.97. The molecule has 2 aliphatic heterocycles. The minimum absolute atomic E-state index is 0.257. The Morgan fingerprint density at radius 3 is 2.62 bits per heavy atom. The maximum atomic E-state index is 11.5. The van der Waals surface area contributed by atoms with Gasteiger partial charge in [0.25, 0.3) is 0 Å². The van der Waals surface area contributed by atoms with Gasteiger partial charge in [0.05, 0.1) is 19.3 Å². The molecule has 0 aromatic heterocycles. The van der Waals surface area contributed by atoms with Crippen LogP contribution in [0.1, 0.15) is 33.1 Å². The minimum atomic E-state index is -0.564. The van der Waals surface area contributed by atoms with E-state index in [2.05, 4.69) is 0 Å². The van der Waals surface area contributed by atoms with E-state index in [0.29, 0.717) is 12.0 Å². The van der Waals surface area contributed by atoms with Crippen molar-refractivity contribution in [2.24, 2.45) is 17.1 Å². The second kappa shape index (κ2) is 4.00. The Hall–Kier alpha value is -0.610. The number of methoxy groups -OCH3 is 1. The first-order valence-corrected chi connectivity index (χ1v) is 5.95. The van der Waals surface area contributed by atoms with Crippen LogP contribution in [0.15, 0.2) is 0 Å². The van der Waals surface area contributed by atoms with Gasteiger partial charge < -0.3 is 15.2 Å². The van der Waals surface area contributed by atoms with E-state index in [-0.39, 0.29) is 17.5 Å². The quantitative estimate of drug-likeness (QED) is 0.733. The molecule has 4 atom stereocenters. The van der Waals surface area contributed by atoms with Crippen LogP contribution in [0.4, 0.5) is 0 Å². The van der Waals surface area contributed by atoms with Crippen LogP contribution < -0.4 is 5.73 Å². The molecule has 4 unspecified atom stereocenters. The molecule has 2 N–H and O–H groups in total. The van der Waals surface area contributed by atoms with E-state index in [4.69, 9.17) is 15.2 Å². The van der Waals surface area contributed by atoms with Crippen LogP contribution in [0.2, 0.25) is 0 Å². The molecular formula is C12H21NO3. The standard InChI is InChI=1S/C12H21NO3/c1-12(2,10(13)11(14)15-3)8-6-7-4-5-9(8)16-7/h7-10H,4-6,13H2,1-3H3. The average Bonchev–Trinajstić information content (AvgIpc) is 2.88. The predicted molar refractivity (Wildman–Crippen MR) is 59.8 cm³/mol. The van der Waals surface area contributed by atoms with Crippen molar-refractivity contribution in [1.82, 2.24) is 0 Å². The summed E-state index contributed by atoms with van der Waals surface area (Å²) in [4.78, 5) is 11.5. The predicted octanol–water partition coefficient (Wildman–Crippen LogP) is 1.08. The molecule has 0 aromatic rings. The molecule has 2 heterocycles. The lowest BCUT2D eigenvalue weighted by molar-refractivity contribution is -0.146. The monoisotopic (exact) mass is 227 g/mol. The van der Waals surface area contributed by atoms with Gasteiger partial charge in [0.2, 0.25) is 0 Å². The fourth-order valence-corrected chi connectivity index (χ4v) is 3.08. The highest BCUT2D eigenvalue weighted by Crippen LogP contribution is 2.48. The smallest absolute Gasteiger partial charge is 0.323 e. The summed E-state index contributed by atoms with van der Waals surface area (Å²) in [6, 6.07) is -0.564. The van der Waals surface area contributed by atoms with Crippen molar-refractivity contribution in [3.05, 3.63) is 0 Å². The number of carbonyl (C=O) groups is 1. The molecule has 0 radical (unpaired) electrons. The van der Waals surface area contributed by atoms with Gasteiger partial charge in [-0.3, -0.25) is 4.79 Å². The van der Waals surface area contributed by atoms with E-state index in [1.807, 2.05) is 13.8 Å². The summed E-state index contributed by atoms with van der Waals surface area (Å²) in [6.45, 7) is 4.09. The zero-order valence-electron chi connectivity index (χ0n) is 10.2. The van der Waals surface area contributed by atoms with Crippen molar-refractivity contribution in [3.8, 4) is 0 Å². The normalized spacial score (nSPS) is 35.1.